The van der Waals surface area contributed by atoms with Gasteiger partial charge in [0.1, 0.15) is 0 Å². The molecular formula is C35H46Br2N2O2. The molecule has 0 N–H and O–H groups in total. The van der Waals surface area contributed by atoms with Gasteiger partial charge in [0.05, 0.1) is 22.5 Å². The van der Waals surface area contributed by atoms with E-state index in [1.165, 1.54) is 0 Å². The summed E-state index contributed by atoms with van der Waals surface area (Å²) in [6.45, 7) is 14.0. The van der Waals surface area contributed by atoms with Gasteiger partial charge in [-0.3, -0.25) is 9.59 Å². The van der Waals surface area contributed by atoms with E-state index < -0.39 is 0 Å². The zero-order valence-electron chi connectivity index (χ0n) is 25.6. The normalized spacial score (nSPS) is 16.3. The lowest BCUT2D eigenvalue weighted by Gasteiger charge is -2.29. The van der Waals surface area contributed by atoms with Gasteiger partial charge in [0, 0.05) is 22.0 Å². The maximum absolute atomic E-state index is 14.4. The van der Waals surface area contributed by atoms with E-state index in [-0.39, 0.29) is 11.8 Å². The van der Waals surface area contributed by atoms with Crippen LogP contribution in [0.5, 0.6) is 0 Å². The molecule has 0 spiro atoms. The summed E-state index contributed by atoms with van der Waals surface area (Å²) in [5.41, 5.74) is 4.46. The summed E-state index contributed by atoms with van der Waals surface area (Å²) in [6, 6.07) is 16.0. The molecule has 6 heteroatoms. The number of amides is 2. The minimum atomic E-state index is -0.0540. The average Bonchev–Trinajstić information content (AvgIpc) is 3.42. The summed E-state index contributed by atoms with van der Waals surface area (Å²) in [5, 5.41) is 0. The lowest BCUT2D eigenvalue weighted by atomic mass is 9.98. The van der Waals surface area contributed by atoms with E-state index in [1.54, 1.807) is 0 Å². The first kappa shape index (κ1) is 33.3. The number of benzene rings is 2. The van der Waals surface area contributed by atoms with Crippen LogP contribution in [0.15, 0.2) is 68.6 Å². The first-order valence-electron chi connectivity index (χ1n) is 15.4. The van der Waals surface area contributed by atoms with Crippen molar-refractivity contribution in [1.29, 1.82) is 0 Å². The molecule has 2 aliphatic rings. The Kier molecular flexibility index (Phi) is 12.9. The summed E-state index contributed by atoms with van der Waals surface area (Å²) < 4.78 is 1.94. The number of hydrogen-bond donors (Lipinski definition) is 0. The van der Waals surface area contributed by atoms with Crippen LogP contribution in [0.25, 0.3) is 11.4 Å². The van der Waals surface area contributed by atoms with Gasteiger partial charge in [0.2, 0.25) is 0 Å². The van der Waals surface area contributed by atoms with Crippen molar-refractivity contribution in [3.63, 3.8) is 0 Å². The van der Waals surface area contributed by atoms with Crippen LogP contribution >= 0.6 is 31.9 Å². The fraction of sp³-hybridized carbons (Fsp3) is 0.486. The Morgan fingerprint density at radius 2 is 1.07 bits per heavy atom. The first-order chi connectivity index (χ1) is 19.8. The predicted molar refractivity (Wildman–Crippen MR) is 179 cm³/mol. The number of hydrogen-bond acceptors (Lipinski definition) is 2. The second-order valence-electron chi connectivity index (χ2n) is 11.0. The number of unbranched alkanes of at least 4 members (excludes halogenated alkanes) is 2. The number of fused-ring (bicyclic) bond motifs is 1. The van der Waals surface area contributed by atoms with Gasteiger partial charge in [0.25, 0.3) is 11.8 Å². The molecule has 41 heavy (non-hydrogen) atoms. The lowest BCUT2D eigenvalue weighted by Crippen LogP contribution is -2.34. The molecule has 0 aromatic heterocycles. The summed E-state index contributed by atoms with van der Waals surface area (Å²) in [4.78, 5) is 32.5. The minimum absolute atomic E-state index is 0.0483. The fourth-order valence-corrected chi connectivity index (χ4v) is 6.22. The van der Waals surface area contributed by atoms with Crippen molar-refractivity contribution in [3.8, 4) is 0 Å². The van der Waals surface area contributed by atoms with Gasteiger partial charge in [-0.15, -0.1) is 0 Å². The zero-order chi connectivity index (χ0) is 30.1. The maximum Gasteiger partial charge on any atom is 0.261 e. The topological polar surface area (TPSA) is 40.6 Å². The lowest BCUT2D eigenvalue weighted by molar-refractivity contribution is -0.124. The third kappa shape index (κ3) is 7.62. The highest BCUT2D eigenvalue weighted by molar-refractivity contribution is 9.10. The Bertz CT molecular complexity index is 1250. The third-order valence-electron chi connectivity index (χ3n) is 7.95. The Morgan fingerprint density at radius 1 is 0.659 bits per heavy atom. The van der Waals surface area contributed by atoms with E-state index in [4.69, 9.17) is 0 Å². The van der Waals surface area contributed by atoms with E-state index in [0.29, 0.717) is 36.1 Å². The highest BCUT2D eigenvalue weighted by Gasteiger charge is 2.49. The number of nitrogens with zero attached hydrogens (tertiary/aromatic N) is 2. The van der Waals surface area contributed by atoms with Crippen molar-refractivity contribution in [3.05, 3.63) is 79.7 Å². The second kappa shape index (κ2) is 15.9. The molecule has 4 nitrogen and oxygen atoms in total. The molecule has 2 amide bonds. The smallest absolute Gasteiger partial charge is 0.261 e. The second-order valence-corrected chi connectivity index (χ2v) is 12.8. The van der Waals surface area contributed by atoms with Crippen molar-refractivity contribution in [2.75, 3.05) is 13.1 Å². The highest BCUT2D eigenvalue weighted by atomic mass is 79.9. The van der Waals surface area contributed by atoms with Crippen LogP contribution in [0.3, 0.4) is 0 Å². The average molecular weight is 687 g/mol. The molecule has 2 aromatic rings. The molecule has 4 rings (SSSR count). The van der Waals surface area contributed by atoms with Crippen molar-refractivity contribution in [2.24, 2.45) is 11.8 Å². The highest BCUT2D eigenvalue weighted by Crippen LogP contribution is 2.47. The molecule has 2 heterocycles. The van der Waals surface area contributed by atoms with Crippen LogP contribution in [-0.2, 0) is 9.59 Å². The first-order valence-corrected chi connectivity index (χ1v) is 17.0. The number of carbonyl (C=O) groups is 2. The third-order valence-corrected chi connectivity index (χ3v) is 9.00. The van der Waals surface area contributed by atoms with Crippen molar-refractivity contribution in [1.82, 2.24) is 9.80 Å². The summed E-state index contributed by atoms with van der Waals surface area (Å²) >= 11 is 7.09. The molecule has 0 fully saturated rings. The summed E-state index contributed by atoms with van der Waals surface area (Å²) in [5.74, 6) is 0.616. The van der Waals surface area contributed by atoms with Gasteiger partial charge in [-0.05, 0) is 60.1 Å². The summed E-state index contributed by atoms with van der Waals surface area (Å²) in [6.07, 6.45) is 7.66. The van der Waals surface area contributed by atoms with E-state index in [0.717, 1.165) is 76.4 Å². The van der Waals surface area contributed by atoms with Crippen LogP contribution in [-0.4, -0.2) is 34.7 Å². The largest absolute Gasteiger partial charge is 0.307 e. The van der Waals surface area contributed by atoms with Gasteiger partial charge < -0.3 is 9.80 Å². The van der Waals surface area contributed by atoms with Gasteiger partial charge >= 0.3 is 0 Å². The molecular weight excluding hydrogens is 640 g/mol. The molecule has 2 atom stereocenters. The molecule has 0 bridgehead atoms. The van der Waals surface area contributed by atoms with Crippen LogP contribution in [0.1, 0.15) is 97.6 Å². The van der Waals surface area contributed by atoms with E-state index >= 15 is 0 Å². The van der Waals surface area contributed by atoms with Crippen LogP contribution < -0.4 is 0 Å². The predicted octanol–water partition coefficient (Wildman–Crippen LogP) is 10.1. The van der Waals surface area contributed by atoms with Gasteiger partial charge in [0.15, 0.2) is 0 Å². The molecule has 0 saturated heterocycles. The molecule has 0 radical (unpaired) electrons. The Balaban J connectivity index is 0.00000226. The Morgan fingerprint density at radius 3 is 1.49 bits per heavy atom. The van der Waals surface area contributed by atoms with Crippen molar-refractivity contribution < 1.29 is 9.59 Å². The van der Waals surface area contributed by atoms with Crippen molar-refractivity contribution in [2.45, 2.75) is 86.5 Å². The number of rotatable bonds is 13. The SMILES string of the molecule is CC.CCCCC(C)CN1C(=O)C2=C(c3ccc(Br)cc3)N(CC(CC)CCCC)C(=O)C2=C1c1ccc(Br)cc1. The fourth-order valence-electron chi connectivity index (χ4n) is 5.69. The molecule has 0 aliphatic carbocycles. The molecule has 2 unspecified atom stereocenters. The van der Waals surface area contributed by atoms with E-state index in [2.05, 4.69) is 59.6 Å². The zero-order valence-corrected chi connectivity index (χ0v) is 28.8. The molecule has 0 saturated carbocycles. The van der Waals surface area contributed by atoms with E-state index in [9.17, 15) is 9.59 Å². The van der Waals surface area contributed by atoms with E-state index in [1.807, 2.05) is 72.2 Å². The molecule has 222 valence electrons. The standard InChI is InChI=1S/C33H40Br2N2O2.C2H6/c1-5-8-10-22(4)20-36-30(24-12-16-26(34)17-13-24)28-29(32(36)38)31(25-14-18-27(35)19-15-25)37(33(28)39)21-23(7-3)11-9-6-2;1-2/h12-19,22-23H,5-11,20-21H2,1-4H3;1-2H3. The molecule has 2 aromatic carbocycles. The van der Waals surface area contributed by atoms with Crippen LogP contribution in [0.2, 0.25) is 0 Å². The van der Waals surface area contributed by atoms with Crippen molar-refractivity contribution >= 4 is 55.1 Å². The maximum atomic E-state index is 14.4. The Hall–Kier alpha value is -2.18. The van der Waals surface area contributed by atoms with Crippen LogP contribution in [0, 0.1) is 11.8 Å². The quantitative estimate of drug-likeness (QED) is 0.211. The van der Waals surface area contributed by atoms with Gasteiger partial charge in [-0.25, -0.2) is 0 Å². The van der Waals surface area contributed by atoms with Gasteiger partial charge in [-0.1, -0.05) is 130 Å². The number of halogens is 2. The number of carbonyl (C=O) groups excluding carboxylic acids is 2. The van der Waals surface area contributed by atoms with Crippen LogP contribution in [0.4, 0.5) is 0 Å². The molecule has 2 aliphatic heterocycles. The minimum Gasteiger partial charge on any atom is -0.307 e. The monoisotopic (exact) mass is 684 g/mol. The summed E-state index contributed by atoms with van der Waals surface area (Å²) in [7, 11) is 0. The Labute approximate surface area is 264 Å². The van der Waals surface area contributed by atoms with Gasteiger partial charge in [-0.2, -0.15) is 0 Å².